The van der Waals surface area contributed by atoms with Gasteiger partial charge < -0.3 is 14.4 Å². The Hall–Kier alpha value is -2.56. The molecule has 3 rings (SSSR count). The van der Waals surface area contributed by atoms with Gasteiger partial charge in [0.15, 0.2) is 6.61 Å². The molecular weight excluding hydrogens is 316 g/mol. The molecule has 0 N–H and O–H groups in total. The fourth-order valence-electron chi connectivity index (χ4n) is 2.98. The summed E-state index contributed by atoms with van der Waals surface area (Å²) in [7, 11) is 0. The number of hydrogen-bond donors (Lipinski definition) is 0. The van der Waals surface area contributed by atoms with E-state index < -0.39 is 0 Å². The van der Waals surface area contributed by atoms with Crippen LogP contribution >= 0.6 is 0 Å². The highest BCUT2D eigenvalue weighted by molar-refractivity contribution is 5.77. The van der Waals surface area contributed by atoms with Crippen molar-refractivity contribution in [3.8, 4) is 11.6 Å². The highest BCUT2D eigenvalue weighted by Gasteiger charge is 2.24. The maximum absolute atomic E-state index is 12.4. The first-order valence-corrected chi connectivity index (χ1v) is 8.73. The Labute approximate surface area is 148 Å². The summed E-state index contributed by atoms with van der Waals surface area (Å²) in [6.07, 6.45) is 2.06. The molecule has 132 valence electrons. The van der Waals surface area contributed by atoms with E-state index in [-0.39, 0.29) is 12.5 Å². The molecule has 1 aliphatic rings. The molecule has 1 fully saturated rings. The van der Waals surface area contributed by atoms with Crippen LogP contribution in [0.3, 0.4) is 0 Å². The molecule has 1 aromatic carbocycles. The minimum absolute atomic E-state index is 0.0298. The van der Waals surface area contributed by atoms with Gasteiger partial charge in [-0.25, -0.2) is 4.98 Å². The second-order valence-electron chi connectivity index (χ2n) is 6.38. The summed E-state index contributed by atoms with van der Waals surface area (Å²) < 4.78 is 11.4. The van der Waals surface area contributed by atoms with E-state index in [1.54, 1.807) is 0 Å². The number of aryl methyl sites for hydroxylation is 1. The molecule has 5 nitrogen and oxygen atoms in total. The normalized spacial score (nSPS) is 17.2. The topological polar surface area (TPSA) is 51.7 Å². The fraction of sp³-hybridized carbons (Fsp3) is 0.400. The van der Waals surface area contributed by atoms with E-state index in [1.807, 2.05) is 60.4 Å². The Kier molecular flexibility index (Phi) is 5.88. The van der Waals surface area contributed by atoms with Gasteiger partial charge in [-0.05, 0) is 38.0 Å². The van der Waals surface area contributed by atoms with Crippen LogP contribution in [0.2, 0.25) is 0 Å². The molecule has 1 unspecified atom stereocenters. The SMILES string of the molecule is Cc1cccc(OCC2CCCN(C(=O)COc3ccccc3)C2)n1. The monoisotopic (exact) mass is 340 g/mol. The molecule has 25 heavy (non-hydrogen) atoms. The molecule has 0 spiro atoms. The Bertz CT molecular complexity index is 690. The van der Waals surface area contributed by atoms with Crippen LogP contribution in [0.1, 0.15) is 18.5 Å². The number of carbonyl (C=O) groups excluding carboxylic acids is 1. The number of para-hydroxylation sites is 1. The molecule has 1 saturated heterocycles. The first-order valence-electron chi connectivity index (χ1n) is 8.73. The number of carbonyl (C=O) groups is 1. The van der Waals surface area contributed by atoms with Gasteiger partial charge in [-0.3, -0.25) is 4.79 Å². The van der Waals surface area contributed by atoms with Crippen molar-refractivity contribution in [2.75, 3.05) is 26.3 Å². The lowest BCUT2D eigenvalue weighted by atomic mass is 9.99. The predicted molar refractivity (Wildman–Crippen MR) is 95.7 cm³/mol. The smallest absolute Gasteiger partial charge is 0.260 e. The quantitative estimate of drug-likeness (QED) is 0.811. The molecule has 0 aliphatic carbocycles. The van der Waals surface area contributed by atoms with Gasteiger partial charge >= 0.3 is 0 Å². The molecular formula is C20H24N2O3. The average molecular weight is 340 g/mol. The van der Waals surface area contributed by atoms with E-state index in [4.69, 9.17) is 9.47 Å². The zero-order valence-corrected chi connectivity index (χ0v) is 14.6. The number of rotatable bonds is 6. The number of pyridine rings is 1. The van der Waals surface area contributed by atoms with Crippen LogP contribution in [-0.4, -0.2) is 42.1 Å². The first kappa shape index (κ1) is 17.3. The fourth-order valence-corrected chi connectivity index (χ4v) is 2.98. The zero-order chi connectivity index (χ0) is 17.5. The van der Waals surface area contributed by atoms with Crippen molar-refractivity contribution in [1.82, 2.24) is 9.88 Å². The number of ether oxygens (including phenoxy) is 2. The lowest BCUT2D eigenvalue weighted by Gasteiger charge is -2.32. The summed E-state index contributed by atoms with van der Waals surface area (Å²) in [5.74, 6) is 1.73. The lowest BCUT2D eigenvalue weighted by Crippen LogP contribution is -2.43. The molecule has 0 bridgehead atoms. The molecule has 2 aromatic rings. The van der Waals surface area contributed by atoms with Gasteiger partial charge in [0.2, 0.25) is 5.88 Å². The van der Waals surface area contributed by atoms with Gasteiger partial charge in [-0.1, -0.05) is 24.3 Å². The predicted octanol–water partition coefficient (Wildman–Crippen LogP) is 3.09. The molecule has 5 heteroatoms. The Balaban J connectivity index is 1.46. The van der Waals surface area contributed by atoms with Gasteiger partial charge in [0.1, 0.15) is 5.75 Å². The lowest BCUT2D eigenvalue weighted by molar-refractivity contribution is -0.135. The van der Waals surface area contributed by atoms with Crippen molar-refractivity contribution in [3.05, 3.63) is 54.2 Å². The van der Waals surface area contributed by atoms with Gasteiger partial charge in [0.25, 0.3) is 5.91 Å². The minimum Gasteiger partial charge on any atom is -0.484 e. The molecule has 2 heterocycles. The summed E-state index contributed by atoms with van der Waals surface area (Å²) in [6, 6.07) is 15.2. The maximum Gasteiger partial charge on any atom is 0.260 e. The molecule has 1 atom stereocenters. The van der Waals surface area contributed by atoms with Crippen molar-refractivity contribution >= 4 is 5.91 Å². The second-order valence-corrected chi connectivity index (χ2v) is 6.38. The van der Waals surface area contributed by atoms with Gasteiger partial charge in [0, 0.05) is 30.8 Å². The largest absolute Gasteiger partial charge is 0.484 e. The zero-order valence-electron chi connectivity index (χ0n) is 14.6. The Morgan fingerprint density at radius 3 is 2.80 bits per heavy atom. The third-order valence-electron chi connectivity index (χ3n) is 4.31. The summed E-state index contributed by atoms with van der Waals surface area (Å²) in [5.41, 5.74) is 0.941. The number of nitrogens with zero attached hydrogens (tertiary/aromatic N) is 2. The van der Waals surface area contributed by atoms with Gasteiger partial charge in [-0.15, -0.1) is 0 Å². The first-order chi connectivity index (χ1) is 12.2. The van der Waals surface area contributed by atoms with Crippen LogP contribution in [0, 0.1) is 12.8 Å². The number of hydrogen-bond acceptors (Lipinski definition) is 4. The van der Waals surface area contributed by atoms with Gasteiger partial charge in [-0.2, -0.15) is 0 Å². The molecule has 0 saturated carbocycles. The maximum atomic E-state index is 12.4. The van der Waals surface area contributed by atoms with E-state index in [9.17, 15) is 4.79 Å². The number of piperidine rings is 1. The molecule has 0 radical (unpaired) electrons. The van der Waals surface area contributed by atoms with Crippen molar-refractivity contribution in [2.24, 2.45) is 5.92 Å². The summed E-state index contributed by atoms with van der Waals surface area (Å²) in [6.45, 7) is 4.11. The number of benzene rings is 1. The van der Waals surface area contributed by atoms with E-state index in [0.717, 1.165) is 30.8 Å². The van der Waals surface area contributed by atoms with Gasteiger partial charge in [0.05, 0.1) is 6.61 Å². The minimum atomic E-state index is 0.0298. The van der Waals surface area contributed by atoms with E-state index >= 15 is 0 Å². The Morgan fingerprint density at radius 1 is 1.16 bits per heavy atom. The summed E-state index contributed by atoms with van der Waals surface area (Å²) in [5, 5.41) is 0. The standard InChI is InChI=1S/C20H24N2O3/c1-16-7-5-11-19(21-16)25-14-17-8-6-12-22(13-17)20(23)15-24-18-9-3-2-4-10-18/h2-5,7,9-11,17H,6,8,12-15H2,1H3. The molecule has 1 aliphatic heterocycles. The van der Waals surface area contributed by atoms with Crippen LogP contribution in [0.15, 0.2) is 48.5 Å². The van der Waals surface area contributed by atoms with E-state index in [0.29, 0.717) is 24.9 Å². The van der Waals surface area contributed by atoms with Crippen molar-refractivity contribution in [1.29, 1.82) is 0 Å². The third kappa shape index (κ3) is 5.21. The van der Waals surface area contributed by atoms with Crippen molar-refractivity contribution in [2.45, 2.75) is 19.8 Å². The average Bonchev–Trinajstić information content (AvgIpc) is 2.65. The van der Waals surface area contributed by atoms with Crippen molar-refractivity contribution < 1.29 is 14.3 Å². The number of aromatic nitrogens is 1. The van der Waals surface area contributed by atoms with Crippen LogP contribution in [0.5, 0.6) is 11.6 Å². The summed E-state index contributed by atoms with van der Waals surface area (Å²) >= 11 is 0. The van der Waals surface area contributed by atoms with E-state index in [1.165, 1.54) is 0 Å². The Morgan fingerprint density at radius 2 is 2.00 bits per heavy atom. The molecule has 1 aromatic heterocycles. The highest BCUT2D eigenvalue weighted by atomic mass is 16.5. The van der Waals surface area contributed by atoms with E-state index in [2.05, 4.69) is 4.98 Å². The number of likely N-dealkylation sites (tertiary alicyclic amines) is 1. The van der Waals surface area contributed by atoms with Crippen LogP contribution in [0.4, 0.5) is 0 Å². The third-order valence-corrected chi connectivity index (χ3v) is 4.31. The van der Waals surface area contributed by atoms with Crippen LogP contribution in [-0.2, 0) is 4.79 Å². The summed E-state index contributed by atoms with van der Waals surface area (Å²) in [4.78, 5) is 18.6. The van der Waals surface area contributed by atoms with Crippen molar-refractivity contribution in [3.63, 3.8) is 0 Å². The van der Waals surface area contributed by atoms with Crippen LogP contribution in [0.25, 0.3) is 0 Å². The van der Waals surface area contributed by atoms with Crippen LogP contribution < -0.4 is 9.47 Å². The second kappa shape index (κ2) is 8.51. The highest BCUT2D eigenvalue weighted by Crippen LogP contribution is 2.19. The number of amides is 1. The molecule has 1 amide bonds.